The molecule has 3 aromatic carbocycles. The van der Waals surface area contributed by atoms with E-state index in [0.29, 0.717) is 61.8 Å². The Morgan fingerprint density at radius 2 is 1.67 bits per heavy atom. The molecule has 4 amide bonds. The zero-order chi connectivity index (χ0) is 52.8. The lowest BCUT2D eigenvalue weighted by molar-refractivity contribution is -0.144. The van der Waals surface area contributed by atoms with Gasteiger partial charge in [0, 0.05) is 25.8 Å². The molecule has 0 bridgehead atoms. The summed E-state index contributed by atoms with van der Waals surface area (Å²) < 4.78 is 74.1. The summed E-state index contributed by atoms with van der Waals surface area (Å²) in [5, 5.41) is 14.7. The van der Waals surface area contributed by atoms with Crippen LogP contribution in [0.1, 0.15) is 82.7 Å². The fraction of sp³-hybridized carbons (Fsp3) is 0.385. The van der Waals surface area contributed by atoms with E-state index in [1.54, 1.807) is 46.6 Å². The molecule has 0 spiro atoms. The van der Waals surface area contributed by atoms with Crippen LogP contribution >= 0.6 is 23.6 Å². The number of nitriles is 1. The maximum Gasteiger partial charge on any atom is 0.420 e. The highest BCUT2D eigenvalue weighted by Crippen LogP contribution is 2.42. The minimum absolute atomic E-state index is 0.169. The Bertz CT molecular complexity index is 2880. The second-order valence-electron chi connectivity index (χ2n) is 19.0. The average molecular weight is 1040 g/mol. The minimum Gasteiger partial charge on any atom is -0.494 e. The first-order valence-corrected chi connectivity index (χ1v) is 24.7. The van der Waals surface area contributed by atoms with Crippen molar-refractivity contribution in [2.45, 2.75) is 97.6 Å². The van der Waals surface area contributed by atoms with Crippen LogP contribution in [0.4, 0.5) is 28.9 Å². The van der Waals surface area contributed by atoms with Crippen molar-refractivity contribution in [2.75, 3.05) is 36.2 Å². The van der Waals surface area contributed by atoms with Gasteiger partial charge in [0.25, 0.3) is 5.91 Å². The molecule has 2 aliphatic heterocycles. The van der Waals surface area contributed by atoms with Crippen LogP contribution in [0.2, 0.25) is 0 Å². The van der Waals surface area contributed by atoms with Crippen molar-refractivity contribution in [3.05, 3.63) is 113 Å². The predicted molar refractivity (Wildman–Crippen MR) is 269 cm³/mol. The number of likely N-dealkylation sites (tertiary alicyclic amines) is 1. The quantitative estimate of drug-likeness (QED) is 0.0484. The fourth-order valence-electron chi connectivity index (χ4n) is 8.48. The largest absolute Gasteiger partial charge is 0.494 e. The molecular formula is C52H54F4N8O7S2. The normalized spacial score (nSPS) is 16.1. The van der Waals surface area contributed by atoms with Crippen LogP contribution < -0.4 is 29.9 Å². The van der Waals surface area contributed by atoms with Gasteiger partial charge >= 0.3 is 6.18 Å². The number of hydrogen-bond donors (Lipinski definition) is 2. The van der Waals surface area contributed by atoms with E-state index in [0.717, 1.165) is 33.8 Å². The smallest absolute Gasteiger partial charge is 0.420 e. The molecule has 2 saturated heterocycles. The molecule has 0 radical (unpaired) electrons. The molecule has 2 aliphatic rings. The molecule has 0 aliphatic carbocycles. The van der Waals surface area contributed by atoms with E-state index in [1.165, 1.54) is 37.1 Å². The van der Waals surface area contributed by atoms with Crippen LogP contribution in [-0.2, 0) is 36.6 Å². The Labute approximate surface area is 429 Å². The second kappa shape index (κ2) is 22.4. The molecule has 21 heteroatoms. The number of anilines is 2. The molecule has 2 N–H and O–H groups in total. The molecule has 0 saturated carbocycles. The van der Waals surface area contributed by atoms with Gasteiger partial charge in [0.1, 0.15) is 41.3 Å². The van der Waals surface area contributed by atoms with E-state index in [-0.39, 0.29) is 41.7 Å². The average Bonchev–Trinajstić information content (AvgIpc) is 4.06. The van der Waals surface area contributed by atoms with Crippen molar-refractivity contribution in [1.29, 1.82) is 5.26 Å². The summed E-state index contributed by atoms with van der Waals surface area (Å²) in [6.07, 6.45) is -1.44. The standard InChI is InChI=1S/C52H54F4N8O7S2/c1-31-44(73-30-60-31)33-13-11-32(12-14-33)27-59-46(66)39-10-9-23-62(39)47(67)45(50(2,3)4)61-40(65)29-69-24-7-8-25-70-36-17-19-37(20-18-36)71-41-22-16-35(28-58-41)64-49(72)63(48(68)51(64,5)6)38-21-15-34(26-57)42(43(38)53)52(54,55)56/h11-22,28,30,39,45H,7-10,23-25,27,29H2,1-6H3,(H,59,66)(H,61,65)/t39-,45+/m0/s1. The molecular weight excluding hydrogens is 989 g/mol. The first kappa shape index (κ1) is 53.8. The Hall–Kier alpha value is -7.02. The van der Waals surface area contributed by atoms with Crippen LogP contribution in [0.3, 0.4) is 0 Å². The SMILES string of the molecule is Cc1ncsc1-c1ccc(CNC(=O)[C@@H]2CCCN2C(=O)[C@@H](NC(=O)COCCCCOc2ccc(Oc3ccc(N4C(=S)N(c5ccc(C#N)c(C(F)(F)F)c5F)C(=O)C4(C)C)cn3)cc2)C(C)(C)C)cc1. The number of carbonyl (C=O) groups excluding carboxylic acids is 4. The first-order chi connectivity index (χ1) is 34.6. The molecule has 2 aromatic heterocycles. The number of thiocarbonyl (C=S) groups is 1. The summed E-state index contributed by atoms with van der Waals surface area (Å²) in [7, 11) is 0. The number of ether oxygens (including phenoxy) is 3. The Balaban J connectivity index is 0.823. The topological polar surface area (TPSA) is 179 Å². The van der Waals surface area contributed by atoms with Crippen molar-refractivity contribution in [1.82, 2.24) is 25.5 Å². The number of pyridine rings is 1. The number of nitrogens with zero attached hydrogens (tertiary/aromatic N) is 6. The summed E-state index contributed by atoms with van der Waals surface area (Å²) in [6, 6.07) is 19.3. The third-order valence-corrected chi connectivity index (χ3v) is 13.7. The van der Waals surface area contributed by atoms with Gasteiger partial charge in [-0.05, 0) is 118 Å². The number of nitrogens with one attached hydrogen (secondary N) is 2. The van der Waals surface area contributed by atoms with Crippen LogP contribution in [0.15, 0.2) is 84.5 Å². The van der Waals surface area contributed by atoms with Crippen molar-refractivity contribution < 1.29 is 51.0 Å². The van der Waals surface area contributed by atoms with Crippen LogP contribution in [0.25, 0.3) is 10.4 Å². The highest BCUT2D eigenvalue weighted by molar-refractivity contribution is 7.81. The molecule has 0 unspecified atom stereocenters. The van der Waals surface area contributed by atoms with Crippen LogP contribution in [-0.4, -0.2) is 87.6 Å². The molecule has 384 valence electrons. The number of carbonyl (C=O) groups is 4. The summed E-state index contributed by atoms with van der Waals surface area (Å²) in [6.45, 7) is 11.6. The van der Waals surface area contributed by atoms with E-state index in [4.69, 9.17) is 26.4 Å². The number of amides is 4. The van der Waals surface area contributed by atoms with E-state index in [9.17, 15) is 37.6 Å². The lowest BCUT2D eigenvalue weighted by Crippen LogP contribution is -2.58. The number of halogens is 4. The number of benzene rings is 3. The van der Waals surface area contributed by atoms with Crippen LogP contribution in [0, 0.1) is 29.5 Å². The van der Waals surface area contributed by atoms with Gasteiger partial charge in [-0.2, -0.15) is 18.4 Å². The predicted octanol–water partition coefficient (Wildman–Crippen LogP) is 9.27. The molecule has 7 rings (SSSR count). The van der Waals surface area contributed by atoms with E-state index in [2.05, 4.69) is 20.6 Å². The van der Waals surface area contributed by atoms with Gasteiger partial charge in [0.2, 0.25) is 23.6 Å². The van der Waals surface area contributed by atoms with Crippen molar-refractivity contribution >= 4 is 63.7 Å². The fourth-order valence-corrected chi connectivity index (χ4v) is 9.81. The van der Waals surface area contributed by atoms with Crippen molar-refractivity contribution in [3.8, 4) is 33.9 Å². The van der Waals surface area contributed by atoms with Gasteiger partial charge in [0.15, 0.2) is 10.9 Å². The van der Waals surface area contributed by atoms with Crippen molar-refractivity contribution in [2.24, 2.45) is 5.41 Å². The highest BCUT2D eigenvalue weighted by atomic mass is 32.1. The maximum absolute atomic E-state index is 15.4. The lowest BCUT2D eigenvalue weighted by atomic mass is 9.85. The molecule has 15 nitrogen and oxygen atoms in total. The molecule has 2 atom stereocenters. The zero-order valence-electron chi connectivity index (χ0n) is 41.0. The molecule has 73 heavy (non-hydrogen) atoms. The third-order valence-electron chi connectivity index (χ3n) is 12.3. The minimum atomic E-state index is -5.20. The maximum atomic E-state index is 15.4. The van der Waals surface area contributed by atoms with E-state index in [1.807, 2.05) is 57.5 Å². The summed E-state index contributed by atoms with van der Waals surface area (Å²) in [5.41, 5.74) is -0.497. The number of hydrogen-bond acceptors (Lipinski definition) is 12. The first-order valence-electron chi connectivity index (χ1n) is 23.4. The van der Waals surface area contributed by atoms with Gasteiger partial charge < -0.3 is 34.6 Å². The number of unbranched alkanes of at least 4 members (excludes halogenated alkanes) is 1. The summed E-state index contributed by atoms with van der Waals surface area (Å²) in [4.78, 5) is 67.3. The van der Waals surface area contributed by atoms with Gasteiger partial charge in [-0.25, -0.2) is 14.4 Å². The number of rotatable bonds is 18. The zero-order valence-corrected chi connectivity index (χ0v) is 42.6. The number of aromatic nitrogens is 2. The van der Waals surface area contributed by atoms with E-state index < -0.39 is 63.7 Å². The Morgan fingerprint density at radius 3 is 2.30 bits per heavy atom. The molecule has 5 aromatic rings. The van der Waals surface area contributed by atoms with Crippen LogP contribution in [0.5, 0.6) is 17.4 Å². The van der Waals surface area contributed by atoms with Gasteiger partial charge in [-0.1, -0.05) is 45.0 Å². The monoisotopic (exact) mass is 1040 g/mol. The number of thiazole rings is 1. The second-order valence-corrected chi connectivity index (χ2v) is 20.2. The number of aryl methyl sites for hydroxylation is 1. The van der Waals surface area contributed by atoms with Gasteiger partial charge in [-0.3, -0.25) is 24.1 Å². The van der Waals surface area contributed by atoms with Gasteiger partial charge in [-0.15, -0.1) is 11.3 Å². The highest BCUT2D eigenvalue weighted by Gasteiger charge is 2.52. The summed E-state index contributed by atoms with van der Waals surface area (Å²) >= 11 is 7.08. The van der Waals surface area contributed by atoms with E-state index >= 15 is 4.39 Å². The van der Waals surface area contributed by atoms with Crippen molar-refractivity contribution in [3.63, 3.8) is 0 Å². The Kier molecular flexibility index (Phi) is 16.5. The molecule has 2 fully saturated rings. The van der Waals surface area contributed by atoms with Gasteiger partial charge in [0.05, 0.1) is 51.9 Å². The third kappa shape index (κ3) is 12.3. The lowest BCUT2D eigenvalue weighted by Gasteiger charge is -2.35. The Morgan fingerprint density at radius 1 is 0.973 bits per heavy atom. The molecule has 4 heterocycles. The number of alkyl halides is 3. The summed E-state index contributed by atoms with van der Waals surface area (Å²) in [5.74, 6) is -2.41.